The topological polar surface area (TPSA) is 75.7 Å². The highest BCUT2D eigenvalue weighted by Gasteiger charge is 2.36. The molecule has 0 radical (unpaired) electrons. The Balaban J connectivity index is 1.54. The zero-order chi connectivity index (χ0) is 22.0. The van der Waals surface area contributed by atoms with Gasteiger partial charge in [-0.3, -0.25) is 19.3 Å². The lowest BCUT2D eigenvalue weighted by Crippen LogP contribution is -2.36. The number of methoxy groups -OCH3 is 1. The number of ether oxygens (including phenoxy) is 1. The first-order valence-electron chi connectivity index (χ1n) is 9.33. The molecule has 3 aromatic rings. The van der Waals surface area contributed by atoms with Gasteiger partial charge in [0.1, 0.15) is 12.3 Å². The van der Waals surface area contributed by atoms with Gasteiger partial charge >= 0.3 is 0 Å². The molecule has 0 saturated carbocycles. The third-order valence-electron chi connectivity index (χ3n) is 4.73. The van der Waals surface area contributed by atoms with Crippen LogP contribution in [0.25, 0.3) is 16.8 Å². The standard InChI is InChI=1S/C23H17ClN2O4S/c1-30-19-11-6-14(17-4-2-3-5-18(17)19)12-20-22(28)26(23(29)31-20)13-21(27)25-16-9-7-15(24)8-10-16/h2-12H,13H2,1H3,(H,25,27)/b20-12+. The maximum absolute atomic E-state index is 12.8. The Labute approximate surface area is 187 Å². The van der Waals surface area contributed by atoms with Crippen LogP contribution >= 0.6 is 23.4 Å². The summed E-state index contributed by atoms with van der Waals surface area (Å²) in [5.74, 6) is -0.248. The van der Waals surface area contributed by atoms with Gasteiger partial charge in [0.2, 0.25) is 5.91 Å². The molecule has 6 nitrogen and oxygen atoms in total. The summed E-state index contributed by atoms with van der Waals surface area (Å²) >= 11 is 6.65. The van der Waals surface area contributed by atoms with Gasteiger partial charge in [-0.1, -0.05) is 41.9 Å². The molecule has 0 unspecified atom stereocenters. The number of halogens is 1. The molecular formula is C23H17ClN2O4S. The lowest BCUT2D eigenvalue weighted by molar-refractivity contribution is -0.127. The second kappa shape index (κ2) is 8.83. The molecule has 1 aliphatic heterocycles. The molecule has 1 fully saturated rings. The molecule has 31 heavy (non-hydrogen) atoms. The van der Waals surface area contributed by atoms with E-state index < -0.39 is 17.1 Å². The van der Waals surface area contributed by atoms with E-state index in [4.69, 9.17) is 16.3 Å². The molecule has 1 N–H and O–H groups in total. The van der Waals surface area contributed by atoms with E-state index in [1.165, 1.54) is 0 Å². The summed E-state index contributed by atoms with van der Waals surface area (Å²) in [7, 11) is 1.60. The number of carbonyl (C=O) groups is 3. The second-order valence-corrected chi connectivity index (χ2v) is 8.16. The lowest BCUT2D eigenvalue weighted by atomic mass is 10.0. The van der Waals surface area contributed by atoms with E-state index in [9.17, 15) is 14.4 Å². The molecule has 3 amide bonds. The van der Waals surface area contributed by atoms with Crippen LogP contribution in [-0.4, -0.2) is 35.6 Å². The summed E-state index contributed by atoms with van der Waals surface area (Å²) in [6.07, 6.45) is 1.67. The van der Waals surface area contributed by atoms with Gasteiger partial charge in [-0.2, -0.15) is 0 Å². The van der Waals surface area contributed by atoms with Crippen molar-refractivity contribution >= 4 is 63.0 Å². The second-order valence-electron chi connectivity index (χ2n) is 6.73. The van der Waals surface area contributed by atoms with Crippen LogP contribution in [0, 0.1) is 0 Å². The smallest absolute Gasteiger partial charge is 0.294 e. The molecule has 0 bridgehead atoms. The molecule has 156 valence electrons. The van der Waals surface area contributed by atoms with Crippen molar-refractivity contribution in [3.05, 3.63) is 76.2 Å². The summed E-state index contributed by atoms with van der Waals surface area (Å²) in [4.78, 5) is 38.7. The average molecular weight is 453 g/mol. The monoisotopic (exact) mass is 452 g/mol. The van der Waals surface area contributed by atoms with Gasteiger partial charge in [-0.05, 0) is 59.1 Å². The van der Waals surface area contributed by atoms with Crippen molar-refractivity contribution < 1.29 is 19.1 Å². The third-order valence-corrected chi connectivity index (χ3v) is 5.89. The molecule has 0 aliphatic carbocycles. The highest BCUT2D eigenvalue weighted by atomic mass is 35.5. The molecule has 1 aliphatic rings. The number of fused-ring (bicyclic) bond motifs is 1. The number of benzene rings is 3. The molecule has 0 atom stereocenters. The van der Waals surface area contributed by atoms with Crippen molar-refractivity contribution in [2.75, 3.05) is 19.0 Å². The zero-order valence-corrected chi connectivity index (χ0v) is 18.0. The van der Waals surface area contributed by atoms with Crippen molar-refractivity contribution in [2.45, 2.75) is 0 Å². The van der Waals surface area contributed by atoms with Crippen LogP contribution in [0.5, 0.6) is 5.75 Å². The number of hydrogen-bond acceptors (Lipinski definition) is 5. The van der Waals surface area contributed by atoms with Gasteiger partial charge in [0.05, 0.1) is 12.0 Å². The predicted molar refractivity (Wildman–Crippen MR) is 123 cm³/mol. The first-order valence-corrected chi connectivity index (χ1v) is 10.5. The number of carbonyl (C=O) groups excluding carboxylic acids is 3. The van der Waals surface area contributed by atoms with E-state index in [1.807, 2.05) is 36.4 Å². The van der Waals surface area contributed by atoms with Crippen molar-refractivity contribution in [2.24, 2.45) is 0 Å². The number of amides is 3. The normalized spacial score (nSPS) is 15.0. The zero-order valence-electron chi connectivity index (χ0n) is 16.4. The van der Waals surface area contributed by atoms with Gasteiger partial charge in [0.25, 0.3) is 11.1 Å². The lowest BCUT2D eigenvalue weighted by Gasteiger charge is -2.12. The van der Waals surface area contributed by atoms with Gasteiger partial charge in [-0.15, -0.1) is 0 Å². The Morgan fingerprint density at radius 1 is 1.06 bits per heavy atom. The first kappa shape index (κ1) is 21.0. The van der Waals surface area contributed by atoms with Crippen molar-refractivity contribution in [1.82, 2.24) is 4.90 Å². The Morgan fingerprint density at radius 3 is 2.48 bits per heavy atom. The van der Waals surface area contributed by atoms with Gasteiger partial charge in [-0.25, -0.2) is 0 Å². The number of imide groups is 1. The quantitative estimate of drug-likeness (QED) is 0.540. The first-order chi connectivity index (χ1) is 15.0. The molecule has 1 heterocycles. The van der Waals surface area contributed by atoms with E-state index in [1.54, 1.807) is 37.5 Å². The molecule has 0 spiro atoms. The minimum Gasteiger partial charge on any atom is -0.496 e. The van der Waals surface area contributed by atoms with Crippen LogP contribution < -0.4 is 10.1 Å². The van der Waals surface area contributed by atoms with Crippen molar-refractivity contribution in [3.8, 4) is 5.75 Å². The fourth-order valence-corrected chi connectivity index (χ4v) is 4.21. The minimum atomic E-state index is -0.499. The summed E-state index contributed by atoms with van der Waals surface area (Å²) in [5, 5.41) is 4.51. The molecule has 0 aromatic heterocycles. The van der Waals surface area contributed by atoms with Crippen molar-refractivity contribution in [3.63, 3.8) is 0 Å². The molecule has 1 saturated heterocycles. The Bertz CT molecular complexity index is 1220. The maximum Gasteiger partial charge on any atom is 0.294 e. The number of anilines is 1. The van der Waals surface area contributed by atoms with Crippen LogP contribution in [-0.2, 0) is 9.59 Å². The number of hydrogen-bond donors (Lipinski definition) is 1. The summed E-state index contributed by atoms with van der Waals surface area (Å²) in [6, 6.07) is 17.9. The van der Waals surface area contributed by atoms with E-state index in [0.717, 1.165) is 38.7 Å². The van der Waals surface area contributed by atoms with Crippen LogP contribution in [0.15, 0.2) is 65.6 Å². The van der Waals surface area contributed by atoms with Crippen LogP contribution in [0.1, 0.15) is 5.56 Å². The number of thioether (sulfide) groups is 1. The molecular weight excluding hydrogens is 436 g/mol. The number of nitrogens with zero attached hydrogens (tertiary/aromatic N) is 1. The van der Waals surface area contributed by atoms with Crippen molar-refractivity contribution in [1.29, 1.82) is 0 Å². The number of nitrogens with one attached hydrogen (secondary N) is 1. The largest absolute Gasteiger partial charge is 0.496 e. The Morgan fingerprint density at radius 2 is 1.77 bits per heavy atom. The summed E-state index contributed by atoms with van der Waals surface area (Å²) < 4.78 is 5.40. The summed E-state index contributed by atoms with van der Waals surface area (Å²) in [6.45, 7) is -0.367. The highest BCUT2D eigenvalue weighted by molar-refractivity contribution is 8.18. The van der Waals surface area contributed by atoms with Crippen LogP contribution in [0.3, 0.4) is 0 Å². The summed E-state index contributed by atoms with van der Waals surface area (Å²) in [5.41, 5.74) is 1.31. The highest BCUT2D eigenvalue weighted by Crippen LogP contribution is 2.35. The van der Waals surface area contributed by atoms with Gasteiger partial charge in [0, 0.05) is 16.1 Å². The maximum atomic E-state index is 12.8. The SMILES string of the molecule is COc1ccc(/C=C2/SC(=O)N(CC(=O)Nc3ccc(Cl)cc3)C2=O)c2ccccc12. The average Bonchev–Trinajstić information content (AvgIpc) is 3.03. The Hall–Kier alpha value is -3.29. The van der Waals surface area contributed by atoms with E-state index in [-0.39, 0.29) is 11.4 Å². The Kier molecular flexibility index (Phi) is 5.97. The van der Waals surface area contributed by atoms with Gasteiger partial charge in [0.15, 0.2) is 0 Å². The van der Waals surface area contributed by atoms with E-state index in [0.29, 0.717) is 10.7 Å². The fourth-order valence-electron chi connectivity index (χ4n) is 3.25. The minimum absolute atomic E-state index is 0.264. The van der Waals surface area contributed by atoms with Gasteiger partial charge < -0.3 is 10.1 Å². The molecule has 4 rings (SSSR count). The number of rotatable bonds is 5. The third kappa shape index (κ3) is 4.42. The van der Waals surface area contributed by atoms with E-state index >= 15 is 0 Å². The fraction of sp³-hybridized carbons (Fsp3) is 0.0870. The van der Waals surface area contributed by atoms with Crippen LogP contribution in [0.4, 0.5) is 10.5 Å². The molecule has 3 aromatic carbocycles. The van der Waals surface area contributed by atoms with Crippen LogP contribution in [0.2, 0.25) is 5.02 Å². The predicted octanol–water partition coefficient (Wildman–Crippen LogP) is 5.18. The van der Waals surface area contributed by atoms with E-state index in [2.05, 4.69) is 5.32 Å². The molecule has 8 heteroatoms.